The predicted octanol–water partition coefficient (Wildman–Crippen LogP) is 2.16. The van der Waals surface area contributed by atoms with Gasteiger partial charge in [0.2, 0.25) is 0 Å². The summed E-state index contributed by atoms with van der Waals surface area (Å²) in [6.07, 6.45) is 0. The molecule has 1 aromatic carbocycles. The number of ether oxygens (including phenoxy) is 3. The van der Waals surface area contributed by atoms with E-state index in [2.05, 4.69) is 36.2 Å². The number of rotatable bonds is 3. The third kappa shape index (κ3) is 9.50. The lowest BCUT2D eigenvalue weighted by atomic mass is 10.1. The van der Waals surface area contributed by atoms with E-state index in [9.17, 15) is 0 Å². The molecule has 0 spiro atoms. The zero-order valence-corrected chi connectivity index (χ0v) is 16.0. The first-order chi connectivity index (χ1) is 12.2. The first-order valence-corrected chi connectivity index (χ1v) is 8.89. The van der Waals surface area contributed by atoms with E-state index in [1.54, 1.807) is 7.11 Å². The zero-order chi connectivity index (χ0) is 18.5. The molecule has 6 heteroatoms. The molecule has 0 radical (unpaired) electrons. The molecule has 2 fully saturated rings. The van der Waals surface area contributed by atoms with Gasteiger partial charge in [-0.05, 0) is 31.5 Å². The molecule has 2 aliphatic heterocycles. The summed E-state index contributed by atoms with van der Waals surface area (Å²) in [4.78, 5) is 2.45. The molecule has 26 heavy (non-hydrogen) atoms. The van der Waals surface area contributed by atoms with Gasteiger partial charge in [0.1, 0.15) is 5.75 Å². The lowest BCUT2D eigenvalue weighted by molar-refractivity contribution is -0.00437. The molecule has 2 atom stereocenters. The highest BCUT2D eigenvalue weighted by Crippen LogP contribution is 2.15. The van der Waals surface area contributed by atoms with Gasteiger partial charge in [-0.2, -0.15) is 0 Å². The van der Waals surface area contributed by atoms with E-state index < -0.39 is 0 Å². The smallest absolute Gasteiger partial charge is 0.118 e. The fourth-order valence-electron chi connectivity index (χ4n) is 2.66. The van der Waals surface area contributed by atoms with Gasteiger partial charge in [-0.15, -0.1) is 0 Å². The molecule has 0 aliphatic carbocycles. The number of nitrogens with zero attached hydrogens (tertiary/aromatic N) is 1. The molecule has 0 saturated carbocycles. The third-order valence-electron chi connectivity index (χ3n) is 4.16. The quantitative estimate of drug-likeness (QED) is 0.850. The lowest BCUT2D eigenvalue weighted by Crippen LogP contribution is -2.42. The molecule has 2 saturated heterocycles. The molecular weight excluding hydrogens is 332 g/mol. The van der Waals surface area contributed by atoms with Gasteiger partial charge >= 0.3 is 0 Å². The summed E-state index contributed by atoms with van der Waals surface area (Å²) in [5.41, 5.74) is 1.33. The minimum absolute atomic E-state index is 0. The molecule has 6 nitrogen and oxygen atoms in total. The molecule has 2 heterocycles. The van der Waals surface area contributed by atoms with Crippen molar-refractivity contribution >= 4 is 0 Å². The first kappa shape index (κ1) is 24.8. The van der Waals surface area contributed by atoms with Crippen LogP contribution in [0.5, 0.6) is 5.75 Å². The topological polar surface area (TPSA) is 63.2 Å². The standard InChI is InChI=1S/C13H19NO2.C5H11NO.CH4O.CH4/c1-11-10-16-8-7-14(11)9-12-3-5-13(15-2)6-4-12;1-5-4-7-3-2-6-5;1-2;/h3-6,11H,7-10H2,1-2H3;5-6H,2-4H2,1H3;2H,1H3;1H4. The van der Waals surface area contributed by atoms with E-state index in [1.807, 2.05) is 12.1 Å². The second kappa shape index (κ2) is 14.9. The molecule has 0 bridgehead atoms. The average molecular weight is 371 g/mol. The Hall–Kier alpha value is -1.18. The van der Waals surface area contributed by atoms with Crippen LogP contribution in [0.1, 0.15) is 26.8 Å². The van der Waals surface area contributed by atoms with E-state index in [0.717, 1.165) is 58.9 Å². The van der Waals surface area contributed by atoms with Crippen LogP contribution in [0.4, 0.5) is 0 Å². The Bertz CT molecular complexity index is 436. The van der Waals surface area contributed by atoms with Crippen LogP contribution in [0.3, 0.4) is 0 Å². The summed E-state index contributed by atoms with van der Waals surface area (Å²) in [6, 6.07) is 9.35. The highest BCUT2D eigenvalue weighted by atomic mass is 16.5. The minimum atomic E-state index is 0. The molecule has 2 unspecified atom stereocenters. The molecule has 1 aromatic rings. The number of aliphatic hydroxyl groups excluding tert-OH is 1. The summed E-state index contributed by atoms with van der Waals surface area (Å²) in [5, 5.41) is 10.3. The Morgan fingerprint density at radius 2 is 1.77 bits per heavy atom. The van der Waals surface area contributed by atoms with Gasteiger partial charge in [-0.3, -0.25) is 4.90 Å². The van der Waals surface area contributed by atoms with Gasteiger partial charge in [0, 0.05) is 38.8 Å². The Labute approximate surface area is 159 Å². The number of aliphatic hydroxyl groups is 1. The SMILES string of the molecule is C.CC1COCCN1.CO.COc1ccc(CN2CCOCC2C)cc1. The van der Waals surface area contributed by atoms with Crippen LogP contribution in [0.25, 0.3) is 0 Å². The molecular formula is C20H38N2O4. The monoisotopic (exact) mass is 370 g/mol. The van der Waals surface area contributed by atoms with Crippen LogP contribution in [0.15, 0.2) is 24.3 Å². The number of benzene rings is 1. The predicted molar refractivity (Wildman–Crippen MR) is 107 cm³/mol. The van der Waals surface area contributed by atoms with E-state index in [4.69, 9.17) is 19.3 Å². The van der Waals surface area contributed by atoms with Crippen molar-refractivity contribution in [2.75, 3.05) is 53.7 Å². The number of morpholine rings is 2. The van der Waals surface area contributed by atoms with E-state index in [-0.39, 0.29) is 7.43 Å². The minimum Gasteiger partial charge on any atom is -0.497 e. The third-order valence-corrected chi connectivity index (χ3v) is 4.16. The summed E-state index contributed by atoms with van der Waals surface area (Å²) < 4.78 is 15.7. The first-order valence-electron chi connectivity index (χ1n) is 8.89. The second-order valence-corrected chi connectivity index (χ2v) is 6.17. The maximum Gasteiger partial charge on any atom is 0.118 e. The van der Waals surface area contributed by atoms with Crippen LogP contribution in [0.2, 0.25) is 0 Å². The van der Waals surface area contributed by atoms with Crippen molar-refractivity contribution in [3.8, 4) is 5.75 Å². The van der Waals surface area contributed by atoms with Crippen LogP contribution >= 0.6 is 0 Å². The van der Waals surface area contributed by atoms with Crippen molar-refractivity contribution in [1.82, 2.24) is 10.2 Å². The van der Waals surface area contributed by atoms with Gasteiger partial charge in [0.15, 0.2) is 0 Å². The summed E-state index contributed by atoms with van der Waals surface area (Å²) in [6.45, 7) is 10.8. The summed E-state index contributed by atoms with van der Waals surface area (Å²) >= 11 is 0. The number of hydrogen-bond donors (Lipinski definition) is 2. The normalized spacial score (nSPS) is 22.7. The maximum absolute atomic E-state index is 7.00. The van der Waals surface area contributed by atoms with Gasteiger partial charge < -0.3 is 24.6 Å². The van der Waals surface area contributed by atoms with Gasteiger partial charge in [-0.25, -0.2) is 0 Å². The van der Waals surface area contributed by atoms with Crippen LogP contribution in [-0.4, -0.2) is 75.8 Å². The molecule has 2 N–H and O–H groups in total. The largest absolute Gasteiger partial charge is 0.497 e. The van der Waals surface area contributed by atoms with E-state index in [1.165, 1.54) is 5.56 Å². The highest BCUT2D eigenvalue weighted by Gasteiger charge is 2.18. The lowest BCUT2D eigenvalue weighted by Gasteiger charge is -2.33. The zero-order valence-electron chi connectivity index (χ0n) is 16.0. The summed E-state index contributed by atoms with van der Waals surface area (Å²) in [5.74, 6) is 0.916. The van der Waals surface area contributed by atoms with Crippen LogP contribution in [0, 0.1) is 0 Å². The van der Waals surface area contributed by atoms with Crippen molar-refractivity contribution in [1.29, 1.82) is 0 Å². The van der Waals surface area contributed by atoms with Crippen molar-refractivity contribution in [2.45, 2.75) is 39.9 Å². The molecule has 0 amide bonds. The Balaban J connectivity index is 0.000000528. The van der Waals surface area contributed by atoms with Gasteiger partial charge in [-0.1, -0.05) is 19.6 Å². The highest BCUT2D eigenvalue weighted by molar-refractivity contribution is 5.27. The van der Waals surface area contributed by atoms with E-state index >= 15 is 0 Å². The number of nitrogens with one attached hydrogen (secondary N) is 1. The fraction of sp³-hybridized carbons (Fsp3) is 0.700. The Morgan fingerprint density at radius 1 is 1.12 bits per heavy atom. The van der Waals surface area contributed by atoms with Crippen molar-refractivity contribution in [3.63, 3.8) is 0 Å². The van der Waals surface area contributed by atoms with Gasteiger partial charge in [0.05, 0.1) is 33.5 Å². The molecule has 152 valence electrons. The Morgan fingerprint density at radius 3 is 2.23 bits per heavy atom. The van der Waals surface area contributed by atoms with Crippen molar-refractivity contribution in [3.05, 3.63) is 29.8 Å². The summed E-state index contributed by atoms with van der Waals surface area (Å²) in [7, 11) is 2.69. The number of methoxy groups -OCH3 is 1. The van der Waals surface area contributed by atoms with Gasteiger partial charge in [0.25, 0.3) is 0 Å². The average Bonchev–Trinajstić information content (AvgIpc) is 2.67. The second-order valence-electron chi connectivity index (χ2n) is 6.17. The van der Waals surface area contributed by atoms with Crippen molar-refractivity contribution in [2.24, 2.45) is 0 Å². The Kier molecular flexibility index (Phi) is 14.3. The van der Waals surface area contributed by atoms with Crippen LogP contribution < -0.4 is 10.1 Å². The molecule has 0 aromatic heterocycles. The molecule has 3 rings (SSSR count). The maximum atomic E-state index is 7.00. The number of hydrogen-bond acceptors (Lipinski definition) is 6. The van der Waals surface area contributed by atoms with Crippen molar-refractivity contribution < 1.29 is 19.3 Å². The van der Waals surface area contributed by atoms with E-state index in [0.29, 0.717) is 12.1 Å². The van der Waals surface area contributed by atoms with Crippen LogP contribution in [-0.2, 0) is 16.0 Å². The fourth-order valence-corrected chi connectivity index (χ4v) is 2.66. The molecule has 2 aliphatic rings.